The van der Waals surface area contributed by atoms with Crippen LogP contribution in [-0.2, 0) is 0 Å². The Kier molecular flexibility index (Phi) is 4.17. The van der Waals surface area contributed by atoms with Gasteiger partial charge in [0, 0.05) is 26.2 Å². The van der Waals surface area contributed by atoms with Crippen LogP contribution in [0.1, 0.15) is 19.3 Å². The van der Waals surface area contributed by atoms with Crippen molar-refractivity contribution in [2.24, 2.45) is 5.41 Å². The maximum Gasteiger partial charge on any atom is 0.396 e. The molecule has 23 heavy (non-hydrogen) atoms. The summed E-state index contributed by atoms with van der Waals surface area (Å²) in [6.45, 7) is 2.96. The minimum Gasteiger partial charge on any atom is -0.368 e. The van der Waals surface area contributed by atoms with Gasteiger partial charge in [0.15, 0.2) is 0 Å². The highest BCUT2D eigenvalue weighted by molar-refractivity contribution is 5.42. The van der Waals surface area contributed by atoms with Crippen LogP contribution in [0.4, 0.5) is 31.0 Å². The Morgan fingerprint density at radius 3 is 2.65 bits per heavy atom. The highest BCUT2D eigenvalue weighted by Gasteiger charge is 2.62. The molecule has 128 valence electrons. The standard InChI is InChI=1S/C13H20F3N7/c14-13(15,16)12(2-3-12)8-19-10-20-9(17)21-11(22-10)23-6-1-4-18-5-7-23/h18H,1-8H2,(H3,17,19,20,21,22). The summed E-state index contributed by atoms with van der Waals surface area (Å²) >= 11 is 0. The van der Waals surface area contributed by atoms with Gasteiger partial charge in [-0.2, -0.15) is 28.1 Å². The number of anilines is 3. The Labute approximate surface area is 131 Å². The van der Waals surface area contributed by atoms with Gasteiger partial charge in [0.25, 0.3) is 0 Å². The van der Waals surface area contributed by atoms with Crippen LogP contribution in [0, 0.1) is 5.41 Å². The van der Waals surface area contributed by atoms with E-state index in [9.17, 15) is 13.2 Å². The number of rotatable bonds is 4. The Morgan fingerprint density at radius 2 is 1.96 bits per heavy atom. The number of nitrogens with zero attached hydrogens (tertiary/aromatic N) is 4. The Hall–Kier alpha value is -1.84. The predicted molar refractivity (Wildman–Crippen MR) is 80.2 cm³/mol. The molecular formula is C13H20F3N7. The van der Waals surface area contributed by atoms with Crippen molar-refractivity contribution >= 4 is 17.8 Å². The largest absolute Gasteiger partial charge is 0.396 e. The van der Waals surface area contributed by atoms with Gasteiger partial charge in [0.05, 0.1) is 5.41 Å². The first-order valence-corrected chi connectivity index (χ1v) is 7.67. The van der Waals surface area contributed by atoms with Gasteiger partial charge in [-0.15, -0.1) is 0 Å². The highest BCUT2D eigenvalue weighted by Crippen LogP contribution is 2.57. The predicted octanol–water partition coefficient (Wildman–Crippen LogP) is 1.01. The fourth-order valence-electron chi connectivity index (χ4n) is 2.61. The third-order valence-corrected chi connectivity index (χ3v) is 4.30. The number of alkyl halides is 3. The first-order chi connectivity index (χ1) is 10.9. The number of nitrogen functional groups attached to an aromatic ring is 1. The molecule has 0 aromatic carbocycles. The average molecular weight is 331 g/mol. The van der Waals surface area contributed by atoms with E-state index in [-0.39, 0.29) is 31.3 Å². The summed E-state index contributed by atoms with van der Waals surface area (Å²) in [4.78, 5) is 14.2. The molecule has 2 aliphatic rings. The van der Waals surface area contributed by atoms with E-state index in [4.69, 9.17) is 5.73 Å². The van der Waals surface area contributed by atoms with Crippen LogP contribution in [0.15, 0.2) is 0 Å². The summed E-state index contributed by atoms with van der Waals surface area (Å²) in [6.07, 6.45) is -3.01. The Balaban J connectivity index is 1.70. The van der Waals surface area contributed by atoms with Crippen molar-refractivity contribution in [2.45, 2.75) is 25.4 Å². The summed E-state index contributed by atoms with van der Waals surface area (Å²) in [5.74, 6) is 0.507. The van der Waals surface area contributed by atoms with E-state index in [1.807, 2.05) is 4.90 Å². The van der Waals surface area contributed by atoms with E-state index in [2.05, 4.69) is 25.6 Å². The molecule has 0 unspecified atom stereocenters. The number of hydrogen-bond acceptors (Lipinski definition) is 7. The topological polar surface area (TPSA) is 92.0 Å². The number of hydrogen-bond donors (Lipinski definition) is 3. The maximum absolute atomic E-state index is 13.0. The fourth-order valence-corrected chi connectivity index (χ4v) is 2.61. The summed E-state index contributed by atoms with van der Waals surface area (Å²) in [6, 6.07) is 0. The summed E-state index contributed by atoms with van der Waals surface area (Å²) in [5, 5.41) is 5.95. The number of aromatic nitrogens is 3. The quantitative estimate of drug-likeness (QED) is 0.758. The minimum absolute atomic E-state index is 0.00608. The molecule has 0 atom stereocenters. The molecule has 10 heteroatoms. The van der Waals surface area contributed by atoms with Crippen LogP contribution in [0.25, 0.3) is 0 Å². The van der Waals surface area contributed by atoms with Crippen molar-refractivity contribution in [3.05, 3.63) is 0 Å². The highest BCUT2D eigenvalue weighted by atomic mass is 19.4. The van der Waals surface area contributed by atoms with Gasteiger partial charge in [-0.05, 0) is 25.8 Å². The van der Waals surface area contributed by atoms with E-state index >= 15 is 0 Å². The molecule has 0 spiro atoms. The molecule has 1 aliphatic carbocycles. The van der Waals surface area contributed by atoms with Crippen LogP contribution < -0.4 is 21.3 Å². The smallest absolute Gasteiger partial charge is 0.368 e. The van der Waals surface area contributed by atoms with Crippen molar-refractivity contribution in [1.29, 1.82) is 0 Å². The molecule has 0 amide bonds. The van der Waals surface area contributed by atoms with Gasteiger partial charge < -0.3 is 21.3 Å². The third-order valence-electron chi connectivity index (χ3n) is 4.30. The van der Waals surface area contributed by atoms with Gasteiger partial charge in [-0.3, -0.25) is 0 Å². The molecule has 4 N–H and O–H groups in total. The molecule has 1 aromatic heterocycles. The lowest BCUT2D eigenvalue weighted by Crippen LogP contribution is -2.33. The molecule has 0 bridgehead atoms. The first-order valence-electron chi connectivity index (χ1n) is 7.67. The third kappa shape index (κ3) is 3.57. The zero-order valence-corrected chi connectivity index (χ0v) is 12.7. The lowest BCUT2D eigenvalue weighted by atomic mass is 10.1. The van der Waals surface area contributed by atoms with E-state index < -0.39 is 11.6 Å². The van der Waals surface area contributed by atoms with Crippen molar-refractivity contribution in [3.63, 3.8) is 0 Å². The van der Waals surface area contributed by atoms with Crippen molar-refractivity contribution < 1.29 is 13.2 Å². The molecule has 0 radical (unpaired) electrons. The summed E-state index contributed by atoms with van der Waals surface area (Å²) in [5.41, 5.74) is 4.03. The zero-order chi connectivity index (χ0) is 16.5. The summed E-state index contributed by atoms with van der Waals surface area (Å²) in [7, 11) is 0. The lowest BCUT2D eigenvalue weighted by Gasteiger charge is -2.22. The van der Waals surface area contributed by atoms with Crippen LogP contribution >= 0.6 is 0 Å². The Bertz CT molecular complexity index is 551. The molecule has 7 nitrogen and oxygen atoms in total. The second kappa shape index (κ2) is 5.99. The molecule has 1 aromatic rings. The minimum atomic E-state index is -4.21. The van der Waals surface area contributed by atoms with Gasteiger partial charge in [-0.25, -0.2) is 0 Å². The van der Waals surface area contributed by atoms with Gasteiger partial charge in [0.1, 0.15) is 0 Å². The van der Waals surface area contributed by atoms with E-state index in [1.54, 1.807) is 0 Å². The van der Waals surface area contributed by atoms with Crippen molar-refractivity contribution in [1.82, 2.24) is 20.3 Å². The molecule has 1 saturated heterocycles. The fraction of sp³-hybridized carbons (Fsp3) is 0.769. The zero-order valence-electron chi connectivity index (χ0n) is 12.7. The number of halogens is 3. The number of nitrogens with one attached hydrogen (secondary N) is 2. The van der Waals surface area contributed by atoms with Crippen molar-refractivity contribution in [2.75, 3.05) is 48.7 Å². The van der Waals surface area contributed by atoms with Gasteiger partial charge >= 0.3 is 6.18 Å². The SMILES string of the molecule is Nc1nc(NCC2(C(F)(F)F)CC2)nc(N2CCCNCC2)n1. The average Bonchev–Trinajstić information content (AvgIpc) is 3.29. The van der Waals surface area contributed by atoms with Crippen LogP contribution in [0.3, 0.4) is 0 Å². The molecule has 3 rings (SSSR count). The normalized spacial score (nSPS) is 20.9. The van der Waals surface area contributed by atoms with Gasteiger partial charge in [-0.1, -0.05) is 0 Å². The molecule has 1 saturated carbocycles. The van der Waals surface area contributed by atoms with E-state index in [0.29, 0.717) is 5.95 Å². The van der Waals surface area contributed by atoms with Crippen LogP contribution in [0.5, 0.6) is 0 Å². The van der Waals surface area contributed by atoms with Crippen LogP contribution in [0.2, 0.25) is 0 Å². The second-order valence-corrected chi connectivity index (χ2v) is 6.04. The second-order valence-electron chi connectivity index (χ2n) is 6.04. The first kappa shape index (κ1) is 16.0. The summed E-state index contributed by atoms with van der Waals surface area (Å²) < 4.78 is 38.9. The van der Waals surface area contributed by atoms with Crippen LogP contribution in [-0.4, -0.2) is 53.9 Å². The van der Waals surface area contributed by atoms with Crippen molar-refractivity contribution in [3.8, 4) is 0 Å². The molecule has 2 fully saturated rings. The lowest BCUT2D eigenvalue weighted by molar-refractivity contribution is -0.182. The van der Waals surface area contributed by atoms with E-state index in [1.165, 1.54) is 0 Å². The maximum atomic E-state index is 13.0. The molecule has 2 heterocycles. The molecule has 1 aliphatic heterocycles. The number of nitrogens with two attached hydrogens (primary N) is 1. The monoisotopic (exact) mass is 331 g/mol. The van der Waals surface area contributed by atoms with Gasteiger partial charge in [0.2, 0.25) is 17.8 Å². The Morgan fingerprint density at radius 1 is 1.17 bits per heavy atom. The van der Waals surface area contributed by atoms with E-state index in [0.717, 1.165) is 32.6 Å². The molecular weight excluding hydrogens is 311 g/mol.